The number of rotatable bonds is 5. The first kappa shape index (κ1) is 10.0. The zero-order valence-electron chi connectivity index (χ0n) is 6.16. The Morgan fingerprint density at radius 3 is 2.70 bits per heavy atom. The Balaban J connectivity index is 3.49. The minimum Gasteiger partial charge on any atom is -0.395 e. The molecule has 0 fully saturated rings. The molecule has 0 aliphatic rings. The number of nitrogens with one attached hydrogen (secondary N) is 1. The van der Waals surface area contributed by atoms with E-state index in [1.54, 1.807) is 0 Å². The van der Waals surface area contributed by atoms with E-state index in [1.165, 1.54) is 13.4 Å². The molecule has 0 aromatic rings. The number of methoxy groups -OCH3 is 1. The highest BCUT2D eigenvalue weighted by Gasteiger charge is 2.06. The molecule has 2 unspecified atom stereocenters. The third-order valence-electron chi connectivity index (χ3n) is 0.921. The van der Waals surface area contributed by atoms with Crippen molar-refractivity contribution in [2.45, 2.75) is 6.04 Å². The van der Waals surface area contributed by atoms with E-state index in [9.17, 15) is 4.21 Å². The smallest absolute Gasteiger partial charge is 0.0887 e. The molecule has 10 heavy (non-hydrogen) atoms. The lowest BCUT2D eigenvalue weighted by Crippen LogP contribution is -2.37. The van der Waals surface area contributed by atoms with E-state index in [-0.39, 0.29) is 12.6 Å². The van der Waals surface area contributed by atoms with Crippen LogP contribution >= 0.6 is 0 Å². The van der Waals surface area contributed by atoms with Gasteiger partial charge in [-0.15, -0.1) is 0 Å². The Labute approximate surface area is 63.2 Å². The van der Waals surface area contributed by atoms with E-state index in [2.05, 4.69) is 4.72 Å². The van der Waals surface area contributed by atoms with Crippen molar-refractivity contribution in [1.82, 2.24) is 4.72 Å². The average molecular weight is 167 g/mol. The first-order valence-corrected chi connectivity index (χ1v) is 4.46. The summed E-state index contributed by atoms with van der Waals surface area (Å²) in [5.41, 5.74) is 0. The SMILES string of the molecule is COCC(CO)NS(C)=O. The van der Waals surface area contributed by atoms with Crippen LogP contribution in [-0.2, 0) is 15.7 Å². The van der Waals surface area contributed by atoms with E-state index in [1.807, 2.05) is 0 Å². The fourth-order valence-electron chi connectivity index (χ4n) is 0.560. The zero-order chi connectivity index (χ0) is 7.98. The van der Waals surface area contributed by atoms with Crippen molar-refractivity contribution in [1.29, 1.82) is 0 Å². The minimum atomic E-state index is -1.09. The van der Waals surface area contributed by atoms with Gasteiger partial charge >= 0.3 is 0 Å². The standard InChI is InChI=1S/C5H13NO3S/c1-9-4-5(3-7)6-10(2)8/h5-7H,3-4H2,1-2H3. The predicted octanol–water partition coefficient (Wildman–Crippen LogP) is -1.12. The molecule has 0 aromatic carbocycles. The van der Waals surface area contributed by atoms with Gasteiger partial charge in [-0.2, -0.15) is 0 Å². The van der Waals surface area contributed by atoms with E-state index >= 15 is 0 Å². The molecule has 0 heterocycles. The van der Waals surface area contributed by atoms with Crippen molar-refractivity contribution < 1.29 is 14.1 Å². The van der Waals surface area contributed by atoms with Crippen LogP contribution in [0.25, 0.3) is 0 Å². The lowest BCUT2D eigenvalue weighted by atomic mass is 10.4. The van der Waals surface area contributed by atoms with Crippen molar-refractivity contribution in [3.63, 3.8) is 0 Å². The molecule has 0 bridgehead atoms. The van der Waals surface area contributed by atoms with Crippen molar-refractivity contribution in [2.24, 2.45) is 0 Å². The van der Waals surface area contributed by atoms with Crippen molar-refractivity contribution >= 4 is 11.0 Å². The lowest BCUT2D eigenvalue weighted by Gasteiger charge is -2.11. The second-order valence-corrected chi connectivity index (χ2v) is 3.05. The summed E-state index contributed by atoms with van der Waals surface area (Å²) in [7, 11) is 0.444. The molecule has 0 saturated heterocycles. The summed E-state index contributed by atoms with van der Waals surface area (Å²) < 4.78 is 17.9. The highest BCUT2D eigenvalue weighted by molar-refractivity contribution is 7.82. The summed E-state index contributed by atoms with van der Waals surface area (Å²) in [6.07, 6.45) is 1.51. The van der Waals surface area contributed by atoms with E-state index in [4.69, 9.17) is 9.84 Å². The van der Waals surface area contributed by atoms with Gasteiger partial charge in [0.05, 0.1) is 30.2 Å². The van der Waals surface area contributed by atoms with E-state index < -0.39 is 11.0 Å². The molecule has 0 rings (SSSR count). The molecule has 62 valence electrons. The van der Waals surface area contributed by atoms with Crippen LogP contribution in [0.4, 0.5) is 0 Å². The Morgan fingerprint density at radius 1 is 1.80 bits per heavy atom. The highest BCUT2D eigenvalue weighted by atomic mass is 32.2. The van der Waals surface area contributed by atoms with Gasteiger partial charge in [0, 0.05) is 13.4 Å². The normalized spacial score (nSPS) is 16.7. The monoisotopic (exact) mass is 167 g/mol. The van der Waals surface area contributed by atoms with Crippen LogP contribution in [0.1, 0.15) is 0 Å². The minimum absolute atomic E-state index is 0.0621. The van der Waals surface area contributed by atoms with Crippen LogP contribution in [0, 0.1) is 0 Å². The summed E-state index contributed by atoms with van der Waals surface area (Å²) in [6, 6.07) is -0.226. The van der Waals surface area contributed by atoms with Gasteiger partial charge < -0.3 is 9.84 Å². The molecule has 4 nitrogen and oxygen atoms in total. The van der Waals surface area contributed by atoms with Crippen LogP contribution in [0.3, 0.4) is 0 Å². The molecule has 5 heteroatoms. The first-order chi connectivity index (χ1) is 4.70. The van der Waals surface area contributed by atoms with Gasteiger partial charge in [0.25, 0.3) is 0 Å². The first-order valence-electron chi connectivity index (χ1n) is 2.90. The largest absolute Gasteiger partial charge is 0.395 e. The fourth-order valence-corrected chi connectivity index (χ4v) is 1.17. The van der Waals surface area contributed by atoms with Crippen LogP contribution in [-0.4, -0.2) is 41.9 Å². The second-order valence-electron chi connectivity index (χ2n) is 1.91. The average Bonchev–Trinajstić information content (AvgIpc) is 1.86. The number of hydrogen-bond donors (Lipinski definition) is 2. The van der Waals surface area contributed by atoms with E-state index in [0.29, 0.717) is 6.61 Å². The van der Waals surface area contributed by atoms with Gasteiger partial charge in [0.15, 0.2) is 0 Å². The molecule has 0 spiro atoms. The topological polar surface area (TPSA) is 58.6 Å². The van der Waals surface area contributed by atoms with Crippen molar-refractivity contribution in [3.05, 3.63) is 0 Å². The van der Waals surface area contributed by atoms with Crippen LogP contribution in [0.5, 0.6) is 0 Å². The number of aliphatic hydroxyl groups is 1. The maximum atomic E-state index is 10.5. The Bertz CT molecular complexity index is 109. The molecule has 2 N–H and O–H groups in total. The maximum absolute atomic E-state index is 10.5. The third-order valence-corrected chi connectivity index (χ3v) is 1.59. The van der Waals surface area contributed by atoms with E-state index in [0.717, 1.165) is 0 Å². The number of aliphatic hydroxyl groups excluding tert-OH is 1. The highest BCUT2D eigenvalue weighted by Crippen LogP contribution is 1.83. The summed E-state index contributed by atoms with van der Waals surface area (Å²) in [4.78, 5) is 0. The quantitative estimate of drug-likeness (QED) is 0.545. The lowest BCUT2D eigenvalue weighted by molar-refractivity contribution is 0.140. The molecule has 0 saturated carbocycles. The Hall–Kier alpha value is 0.0300. The van der Waals surface area contributed by atoms with Crippen LogP contribution < -0.4 is 4.72 Å². The van der Waals surface area contributed by atoms with Gasteiger partial charge in [0.1, 0.15) is 0 Å². The van der Waals surface area contributed by atoms with Gasteiger partial charge in [0.2, 0.25) is 0 Å². The van der Waals surface area contributed by atoms with Crippen molar-refractivity contribution in [2.75, 3.05) is 26.6 Å². The molecular weight excluding hydrogens is 154 g/mol. The fraction of sp³-hybridized carbons (Fsp3) is 1.00. The molecule has 0 aliphatic carbocycles. The Morgan fingerprint density at radius 2 is 2.40 bits per heavy atom. The Kier molecular flexibility index (Phi) is 5.81. The summed E-state index contributed by atoms with van der Waals surface area (Å²) >= 11 is 0. The summed E-state index contributed by atoms with van der Waals surface area (Å²) in [5, 5.41) is 8.63. The van der Waals surface area contributed by atoms with Crippen LogP contribution in [0.15, 0.2) is 0 Å². The summed E-state index contributed by atoms with van der Waals surface area (Å²) in [5.74, 6) is 0. The zero-order valence-corrected chi connectivity index (χ0v) is 6.98. The third kappa shape index (κ3) is 4.87. The number of ether oxygens (including phenoxy) is 1. The molecule has 0 radical (unpaired) electrons. The van der Waals surface area contributed by atoms with Crippen LogP contribution in [0.2, 0.25) is 0 Å². The molecule has 0 aliphatic heterocycles. The van der Waals surface area contributed by atoms with Crippen molar-refractivity contribution in [3.8, 4) is 0 Å². The van der Waals surface area contributed by atoms with Gasteiger partial charge in [-0.25, -0.2) is 8.93 Å². The maximum Gasteiger partial charge on any atom is 0.0887 e. The summed E-state index contributed by atoms with van der Waals surface area (Å²) in [6.45, 7) is 0.309. The number of hydrogen-bond acceptors (Lipinski definition) is 3. The second kappa shape index (κ2) is 5.79. The van der Waals surface area contributed by atoms with Gasteiger partial charge in [-0.3, -0.25) is 0 Å². The van der Waals surface area contributed by atoms with Gasteiger partial charge in [-0.1, -0.05) is 0 Å². The molecule has 0 aromatic heterocycles. The van der Waals surface area contributed by atoms with Gasteiger partial charge in [-0.05, 0) is 0 Å². The molecule has 2 atom stereocenters. The predicted molar refractivity (Wildman–Crippen MR) is 40.0 cm³/mol. The molecule has 0 amide bonds. The molecular formula is C5H13NO3S.